The van der Waals surface area contributed by atoms with Crippen LogP contribution in [0.15, 0.2) is 42.5 Å². The van der Waals surface area contributed by atoms with Crippen LogP contribution in [0.4, 0.5) is 0 Å². The van der Waals surface area contributed by atoms with Crippen molar-refractivity contribution in [3.8, 4) is 11.1 Å². The maximum atomic E-state index is 12.6. The lowest BCUT2D eigenvalue weighted by molar-refractivity contribution is -0.133. The predicted molar refractivity (Wildman–Crippen MR) is 101 cm³/mol. The molecular formula is C20H22N2O3S. The van der Waals surface area contributed by atoms with Crippen molar-refractivity contribution in [1.29, 1.82) is 0 Å². The van der Waals surface area contributed by atoms with Crippen molar-refractivity contribution >= 4 is 16.6 Å². The third-order valence-electron chi connectivity index (χ3n) is 5.20. The first-order valence-corrected chi connectivity index (χ1v) is 10.3. The van der Waals surface area contributed by atoms with Gasteiger partial charge < -0.3 is 10.2 Å². The van der Waals surface area contributed by atoms with Gasteiger partial charge in [0.25, 0.3) is 0 Å². The van der Waals surface area contributed by atoms with Crippen LogP contribution in [0.3, 0.4) is 0 Å². The zero-order chi connectivity index (χ0) is 18.1. The summed E-state index contributed by atoms with van der Waals surface area (Å²) in [7, 11) is -2.40. The van der Waals surface area contributed by atoms with E-state index in [2.05, 4.69) is 23.5 Å². The predicted octanol–water partition coefficient (Wildman–Crippen LogP) is 2.06. The van der Waals surface area contributed by atoms with E-state index in [4.69, 9.17) is 0 Å². The first kappa shape index (κ1) is 17.2. The molecule has 0 saturated carbocycles. The summed E-state index contributed by atoms with van der Waals surface area (Å²) < 4.78 is 21.7. The molecule has 4 rings (SSSR count). The standard InChI is InChI=1S/C20H22N2O3S/c23-20(19-2-1-9-21-19)22-11-17-8-7-16(10-18(17)12-22)15-5-3-14(4-6-15)13-26(24)25/h3-8,10,19,21,26H,1-2,9,11-13H2/t19-/m0/s1. The first-order valence-electron chi connectivity index (χ1n) is 8.95. The summed E-state index contributed by atoms with van der Waals surface area (Å²) in [5.74, 6) is 0.280. The van der Waals surface area contributed by atoms with E-state index in [9.17, 15) is 13.2 Å². The number of carbonyl (C=O) groups is 1. The van der Waals surface area contributed by atoms with Crippen LogP contribution in [0.1, 0.15) is 29.5 Å². The topological polar surface area (TPSA) is 66.5 Å². The molecule has 0 aliphatic carbocycles. The normalized spacial score (nSPS) is 19.1. The summed E-state index contributed by atoms with van der Waals surface area (Å²) >= 11 is 0. The Hall–Kier alpha value is -2.18. The number of thiol groups is 1. The molecule has 2 aromatic rings. The molecule has 1 saturated heterocycles. The number of amides is 1. The lowest BCUT2D eigenvalue weighted by Gasteiger charge is -2.19. The quantitative estimate of drug-likeness (QED) is 0.809. The molecule has 5 nitrogen and oxygen atoms in total. The Labute approximate surface area is 155 Å². The number of hydrogen-bond donors (Lipinski definition) is 2. The number of hydrogen-bond acceptors (Lipinski definition) is 4. The Morgan fingerprint density at radius 2 is 1.77 bits per heavy atom. The third-order valence-corrected chi connectivity index (χ3v) is 5.82. The summed E-state index contributed by atoms with van der Waals surface area (Å²) in [6, 6.07) is 13.9. The molecule has 26 heavy (non-hydrogen) atoms. The van der Waals surface area contributed by atoms with Gasteiger partial charge in [-0.25, -0.2) is 8.42 Å². The number of nitrogens with one attached hydrogen (secondary N) is 1. The summed E-state index contributed by atoms with van der Waals surface area (Å²) in [6.07, 6.45) is 2.00. The van der Waals surface area contributed by atoms with Gasteiger partial charge in [0.05, 0.1) is 11.8 Å². The molecule has 1 N–H and O–H groups in total. The Balaban J connectivity index is 1.50. The SMILES string of the molecule is O=C([C@@H]1CCCN1)N1Cc2ccc(-c3ccc(C[SH](=O)=O)cc3)cc2C1. The van der Waals surface area contributed by atoms with Crippen LogP contribution < -0.4 is 5.32 Å². The van der Waals surface area contributed by atoms with Crippen molar-refractivity contribution in [1.82, 2.24) is 10.2 Å². The third kappa shape index (κ3) is 3.52. The number of carbonyl (C=O) groups excluding carboxylic acids is 1. The van der Waals surface area contributed by atoms with Crippen molar-refractivity contribution in [3.05, 3.63) is 59.2 Å². The van der Waals surface area contributed by atoms with E-state index in [-0.39, 0.29) is 17.7 Å². The summed E-state index contributed by atoms with van der Waals surface area (Å²) in [6.45, 7) is 2.27. The van der Waals surface area contributed by atoms with Gasteiger partial charge in [-0.3, -0.25) is 4.79 Å². The lowest BCUT2D eigenvalue weighted by atomic mass is 10.00. The smallest absolute Gasteiger partial charge is 0.240 e. The second-order valence-electron chi connectivity index (χ2n) is 7.01. The van der Waals surface area contributed by atoms with Gasteiger partial charge in [-0.1, -0.05) is 36.4 Å². The van der Waals surface area contributed by atoms with E-state index in [1.807, 2.05) is 29.2 Å². The van der Waals surface area contributed by atoms with Crippen LogP contribution in [0.25, 0.3) is 11.1 Å². The molecule has 0 radical (unpaired) electrons. The van der Waals surface area contributed by atoms with E-state index in [0.29, 0.717) is 13.1 Å². The van der Waals surface area contributed by atoms with Crippen LogP contribution in [0.5, 0.6) is 0 Å². The van der Waals surface area contributed by atoms with Gasteiger partial charge in [0.15, 0.2) is 0 Å². The molecule has 0 spiro atoms. The highest BCUT2D eigenvalue weighted by atomic mass is 32.2. The van der Waals surface area contributed by atoms with Gasteiger partial charge in [-0.2, -0.15) is 0 Å². The van der Waals surface area contributed by atoms with Gasteiger partial charge in [0.1, 0.15) is 10.7 Å². The number of benzene rings is 2. The van der Waals surface area contributed by atoms with E-state index < -0.39 is 10.7 Å². The minimum Gasteiger partial charge on any atom is -0.333 e. The van der Waals surface area contributed by atoms with Gasteiger partial charge >= 0.3 is 0 Å². The second-order valence-corrected chi connectivity index (χ2v) is 8.00. The Bertz CT molecular complexity index is 892. The van der Waals surface area contributed by atoms with Crippen molar-refractivity contribution in [2.75, 3.05) is 6.54 Å². The Morgan fingerprint density at radius 1 is 1.04 bits per heavy atom. The molecule has 0 aromatic heterocycles. The van der Waals surface area contributed by atoms with E-state index in [0.717, 1.165) is 36.1 Å². The van der Waals surface area contributed by atoms with E-state index in [1.54, 1.807) is 0 Å². The van der Waals surface area contributed by atoms with Crippen LogP contribution >= 0.6 is 0 Å². The second kappa shape index (κ2) is 7.21. The van der Waals surface area contributed by atoms with Crippen LogP contribution in [0.2, 0.25) is 0 Å². The maximum Gasteiger partial charge on any atom is 0.240 e. The molecule has 0 bridgehead atoms. The highest BCUT2D eigenvalue weighted by Crippen LogP contribution is 2.29. The van der Waals surface area contributed by atoms with Crippen molar-refractivity contribution in [2.45, 2.75) is 37.7 Å². The number of fused-ring (bicyclic) bond motifs is 1. The summed E-state index contributed by atoms with van der Waals surface area (Å²) in [4.78, 5) is 14.5. The molecule has 1 fully saturated rings. The minimum absolute atomic E-state index is 0.0242. The average Bonchev–Trinajstić information content (AvgIpc) is 3.30. The maximum absolute atomic E-state index is 12.6. The fraction of sp³-hybridized carbons (Fsp3) is 0.350. The molecule has 2 heterocycles. The van der Waals surface area contributed by atoms with Gasteiger partial charge in [-0.15, -0.1) is 0 Å². The fourth-order valence-electron chi connectivity index (χ4n) is 3.80. The Kier molecular flexibility index (Phi) is 4.78. The van der Waals surface area contributed by atoms with Crippen LogP contribution in [-0.2, 0) is 34.3 Å². The zero-order valence-electron chi connectivity index (χ0n) is 14.5. The van der Waals surface area contributed by atoms with Gasteiger partial charge in [-0.05, 0) is 53.3 Å². The highest BCUT2D eigenvalue weighted by molar-refractivity contribution is 7.71. The molecule has 136 valence electrons. The largest absolute Gasteiger partial charge is 0.333 e. The fourth-order valence-corrected chi connectivity index (χ4v) is 4.31. The summed E-state index contributed by atoms with van der Waals surface area (Å²) in [5.41, 5.74) is 5.35. The minimum atomic E-state index is -2.40. The molecule has 2 aromatic carbocycles. The molecule has 1 atom stereocenters. The summed E-state index contributed by atoms with van der Waals surface area (Å²) in [5, 5.41) is 3.28. The van der Waals surface area contributed by atoms with Crippen LogP contribution in [-0.4, -0.2) is 31.8 Å². The van der Waals surface area contributed by atoms with E-state index in [1.165, 1.54) is 11.1 Å². The number of nitrogens with zero attached hydrogens (tertiary/aromatic N) is 1. The number of rotatable bonds is 4. The van der Waals surface area contributed by atoms with Crippen molar-refractivity contribution < 1.29 is 13.2 Å². The average molecular weight is 370 g/mol. The molecule has 6 heteroatoms. The van der Waals surface area contributed by atoms with Crippen molar-refractivity contribution in [3.63, 3.8) is 0 Å². The van der Waals surface area contributed by atoms with Crippen LogP contribution in [0, 0.1) is 0 Å². The molecular weight excluding hydrogens is 348 g/mol. The molecule has 2 aliphatic heterocycles. The molecule has 1 amide bonds. The Morgan fingerprint density at radius 3 is 2.46 bits per heavy atom. The first-order chi connectivity index (χ1) is 12.6. The highest BCUT2D eigenvalue weighted by Gasteiger charge is 2.30. The lowest BCUT2D eigenvalue weighted by Crippen LogP contribution is -2.40. The van der Waals surface area contributed by atoms with E-state index >= 15 is 0 Å². The molecule has 0 unspecified atom stereocenters. The zero-order valence-corrected chi connectivity index (χ0v) is 15.4. The monoisotopic (exact) mass is 370 g/mol. The van der Waals surface area contributed by atoms with Gasteiger partial charge in [0, 0.05) is 13.1 Å². The molecule has 2 aliphatic rings. The van der Waals surface area contributed by atoms with Gasteiger partial charge in [0.2, 0.25) is 5.91 Å². The van der Waals surface area contributed by atoms with Crippen molar-refractivity contribution in [2.24, 2.45) is 0 Å².